The van der Waals surface area contributed by atoms with Crippen LogP contribution in [0.1, 0.15) is 30.9 Å². The van der Waals surface area contributed by atoms with Gasteiger partial charge in [-0.15, -0.1) is 0 Å². The van der Waals surface area contributed by atoms with Gasteiger partial charge in [0.25, 0.3) is 0 Å². The van der Waals surface area contributed by atoms with Crippen molar-refractivity contribution >= 4 is 11.7 Å². The first-order valence-corrected chi connectivity index (χ1v) is 8.51. The number of nitrogens with one attached hydrogen (secondary N) is 2. The molecule has 0 aliphatic heterocycles. The summed E-state index contributed by atoms with van der Waals surface area (Å²) in [7, 11) is 3.22. The number of benzene rings is 2. The van der Waals surface area contributed by atoms with E-state index in [1.54, 1.807) is 14.2 Å². The summed E-state index contributed by atoms with van der Waals surface area (Å²) in [6.45, 7) is 2.11. The summed E-state index contributed by atoms with van der Waals surface area (Å²) in [5, 5.41) is 6.01. The number of anilines is 1. The number of carbonyl (C=O) groups is 1. The van der Waals surface area contributed by atoms with Crippen molar-refractivity contribution in [2.75, 3.05) is 19.5 Å². The molecule has 1 saturated carbocycles. The first kappa shape index (κ1) is 17.1. The highest BCUT2D eigenvalue weighted by atomic mass is 16.5. The Morgan fingerprint density at radius 3 is 2.28 bits per heavy atom. The molecule has 2 aromatic rings. The Kier molecular flexibility index (Phi) is 4.83. The smallest absolute Gasteiger partial charge is 0.319 e. The highest BCUT2D eigenvalue weighted by molar-refractivity contribution is 5.90. The Morgan fingerprint density at radius 1 is 1.04 bits per heavy atom. The molecule has 0 saturated heterocycles. The largest absolute Gasteiger partial charge is 0.493 e. The standard InChI is InChI=1S/C20H24N2O3/c1-4-14-5-8-16(9-6-14)21-19(23)22-20(11-12-20)15-7-10-17(24-2)18(13-15)25-3/h5-10,13H,4,11-12H2,1-3H3,(H2,21,22,23). The lowest BCUT2D eigenvalue weighted by Gasteiger charge is -2.20. The average Bonchev–Trinajstić information content (AvgIpc) is 3.42. The molecule has 0 bridgehead atoms. The number of carbonyl (C=O) groups excluding carboxylic acids is 1. The van der Waals surface area contributed by atoms with Crippen molar-refractivity contribution in [1.82, 2.24) is 5.32 Å². The van der Waals surface area contributed by atoms with E-state index in [2.05, 4.69) is 17.6 Å². The van der Waals surface area contributed by atoms with Crippen LogP contribution >= 0.6 is 0 Å². The van der Waals surface area contributed by atoms with Crippen LogP contribution in [0.15, 0.2) is 42.5 Å². The molecule has 2 N–H and O–H groups in total. The van der Waals surface area contributed by atoms with Crippen LogP contribution in [0.3, 0.4) is 0 Å². The van der Waals surface area contributed by atoms with Crippen LogP contribution < -0.4 is 20.1 Å². The van der Waals surface area contributed by atoms with Crippen molar-refractivity contribution in [3.8, 4) is 11.5 Å². The number of rotatable bonds is 6. The second-order valence-corrected chi connectivity index (χ2v) is 6.28. The van der Waals surface area contributed by atoms with Gasteiger partial charge in [-0.3, -0.25) is 0 Å². The molecule has 132 valence electrons. The van der Waals surface area contributed by atoms with E-state index >= 15 is 0 Å². The molecule has 2 amide bonds. The molecule has 0 radical (unpaired) electrons. The van der Waals surface area contributed by atoms with Crippen molar-refractivity contribution in [2.24, 2.45) is 0 Å². The molecule has 0 heterocycles. The Hall–Kier alpha value is -2.69. The van der Waals surface area contributed by atoms with Crippen LogP contribution in [0.5, 0.6) is 11.5 Å². The fourth-order valence-corrected chi connectivity index (χ4v) is 2.95. The molecule has 2 aromatic carbocycles. The minimum Gasteiger partial charge on any atom is -0.493 e. The zero-order chi connectivity index (χ0) is 17.9. The lowest BCUT2D eigenvalue weighted by atomic mass is 10.0. The molecular formula is C20H24N2O3. The Morgan fingerprint density at radius 2 is 1.72 bits per heavy atom. The predicted octanol–water partition coefficient (Wildman–Crippen LogP) is 4.08. The number of ether oxygens (including phenoxy) is 2. The van der Waals surface area contributed by atoms with Crippen LogP contribution in [0.4, 0.5) is 10.5 Å². The molecule has 3 rings (SSSR count). The number of hydrogen-bond donors (Lipinski definition) is 2. The monoisotopic (exact) mass is 340 g/mol. The van der Waals surface area contributed by atoms with E-state index in [-0.39, 0.29) is 11.6 Å². The van der Waals surface area contributed by atoms with Crippen LogP contribution in [0, 0.1) is 0 Å². The average molecular weight is 340 g/mol. The first-order chi connectivity index (χ1) is 12.1. The Balaban J connectivity index is 1.70. The summed E-state index contributed by atoms with van der Waals surface area (Å²) < 4.78 is 10.6. The summed E-state index contributed by atoms with van der Waals surface area (Å²) in [5.41, 5.74) is 2.74. The molecular weight excluding hydrogens is 316 g/mol. The minimum absolute atomic E-state index is 0.198. The number of methoxy groups -OCH3 is 2. The van der Waals surface area contributed by atoms with Crippen molar-refractivity contribution in [3.63, 3.8) is 0 Å². The lowest BCUT2D eigenvalue weighted by molar-refractivity contribution is 0.247. The summed E-state index contributed by atoms with van der Waals surface area (Å²) in [6.07, 6.45) is 2.80. The molecule has 5 heteroatoms. The Bertz CT molecular complexity index is 752. The van der Waals surface area contributed by atoms with Crippen LogP contribution in [0.2, 0.25) is 0 Å². The zero-order valence-corrected chi connectivity index (χ0v) is 14.9. The van der Waals surface area contributed by atoms with Gasteiger partial charge >= 0.3 is 6.03 Å². The molecule has 25 heavy (non-hydrogen) atoms. The van der Waals surface area contributed by atoms with Crippen molar-refractivity contribution in [3.05, 3.63) is 53.6 Å². The van der Waals surface area contributed by atoms with E-state index in [4.69, 9.17) is 9.47 Å². The molecule has 0 spiro atoms. The van der Waals surface area contributed by atoms with Gasteiger partial charge in [0, 0.05) is 5.69 Å². The molecule has 5 nitrogen and oxygen atoms in total. The third kappa shape index (κ3) is 3.71. The number of hydrogen-bond acceptors (Lipinski definition) is 3. The van der Waals surface area contributed by atoms with Gasteiger partial charge in [-0.1, -0.05) is 25.1 Å². The summed E-state index contributed by atoms with van der Waals surface area (Å²) in [5.74, 6) is 1.35. The first-order valence-electron chi connectivity index (χ1n) is 8.51. The van der Waals surface area contributed by atoms with Gasteiger partial charge in [-0.05, 0) is 54.7 Å². The number of aryl methyl sites for hydroxylation is 1. The van der Waals surface area contributed by atoms with Crippen molar-refractivity contribution in [1.29, 1.82) is 0 Å². The third-order valence-corrected chi connectivity index (χ3v) is 4.66. The maximum absolute atomic E-state index is 12.4. The van der Waals surface area contributed by atoms with Crippen molar-refractivity contribution < 1.29 is 14.3 Å². The molecule has 0 unspecified atom stereocenters. The fourth-order valence-electron chi connectivity index (χ4n) is 2.95. The van der Waals surface area contributed by atoms with Crippen LogP contribution in [0.25, 0.3) is 0 Å². The predicted molar refractivity (Wildman–Crippen MR) is 98.4 cm³/mol. The molecule has 1 aliphatic rings. The zero-order valence-electron chi connectivity index (χ0n) is 14.9. The van der Waals surface area contributed by atoms with Gasteiger partial charge in [-0.25, -0.2) is 4.79 Å². The van der Waals surface area contributed by atoms with Gasteiger partial charge in [-0.2, -0.15) is 0 Å². The summed E-state index contributed by atoms with van der Waals surface area (Å²) in [4.78, 5) is 12.4. The topological polar surface area (TPSA) is 59.6 Å². The second kappa shape index (κ2) is 7.05. The van der Waals surface area contributed by atoms with Crippen LogP contribution in [-0.4, -0.2) is 20.3 Å². The molecule has 0 atom stereocenters. The highest BCUT2D eigenvalue weighted by Crippen LogP contribution is 2.47. The lowest BCUT2D eigenvalue weighted by Crippen LogP contribution is -2.38. The number of amides is 2. The van der Waals surface area contributed by atoms with E-state index < -0.39 is 0 Å². The maximum atomic E-state index is 12.4. The normalized spacial score (nSPS) is 14.5. The molecule has 1 aliphatic carbocycles. The minimum atomic E-state index is -0.326. The third-order valence-electron chi connectivity index (χ3n) is 4.66. The Labute approximate surface area is 148 Å². The summed E-state index contributed by atoms with van der Waals surface area (Å²) in [6, 6.07) is 13.5. The van der Waals surface area contributed by atoms with E-state index in [0.717, 1.165) is 30.5 Å². The van der Waals surface area contributed by atoms with E-state index in [0.29, 0.717) is 11.5 Å². The highest BCUT2D eigenvalue weighted by Gasteiger charge is 2.46. The van der Waals surface area contributed by atoms with Gasteiger partial charge in [0.15, 0.2) is 11.5 Å². The van der Waals surface area contributed by atoms with Gasteiger partial charge in [0.1, 0.15) is 0 Å². The SMILES string of the molecule is CCc1ccc(NC(=O)NC2(c3ccc(OC)c(OC)c3)CC2)cc1. The number of urea groups is 1. The fraction of sp³-hybridized carbons (Fsp3) is 0.350. The maximum Gasteiger partial charge on any atom is 0.319 e. The van der Waals surface area contributed by atoms with E-state index in [1.165, 1.54) is 5.56 Å². The van der Waals surface area contributed by atoms with Gasteiger partial charge in [0.05, 0.1) is 19.8 Å². The van der Waals surface area contributed by atoms with Gasteiger partial charge < -0.3 is 20.1 Å². The quantitative estimate of drug-likeness (QED) is 0.833. The van der Waals surface area contributed by atoms with Crippen molar-refractivity contribution in [2.45, 2.75) is 31.7 Å². The molecule has 0 aromatic heterocycles. The van der Waals surface area contributed by atoms with Crippen LogP contribution in [-0.2, 0) is 12.0 Å². The van der Waals surface area contributed by atoms with E-state index in [1.807, 2.05) is 42.5 Å². The molecule has 1 fully saturated rings. The van der Waals surface area contributed by atoms with Gasteiger partial charge in [0.2, 0.25) is 0 Å². The van der Waals surface area contributed by atoms with E-state index in [9.17, 15) is 4.79 Å². The summed E-state index contributed by atoms with van der Waals surface area (Å²) >= 11 is 0. The second-order valence-electron chi connectivity index (χ2n) is 6.28.